The molecule has 0 aliphatic heterocycles. The van der Waals surface area contributed by atoms with Gasteiger partial charge in [-0.3, -0.25) is 4.79 Å². The molecular formula is C18H30N2O4. The number of aliphatic hydroxyl groups excluding tert-OH is 1. The number of hydrogen-bond donors (Lipinski definition) is 2. The Morgan fingerprint density at radius 1 is 1.25 bits per heavy atom. The van der Waals surface area contributed by atoms with Crippen molar-refractivity contribution in [3.63, 3.8) is 0 Å². The number of benzene rings is 1. The number of aliphatic hydroxyl groups is 1. The van der Waals surface area contributed by atoms with E-state index in [1.807, 2.05) is 56.1 Å². The van der Waals surface area contributed by atoms with Crippen molar-refractivity contribution in [3.05, 3.63) is 30.3 Å². The second-order valence-corrected chi connectivity index (χ2v) is 6.07. The Morgan fingerprint density at radius 3 is 2.62 bits per heavy atom. The number of nitrogens with zero attached hydrogens (tertiary/aromatic N) is 1. The number of rotatable bonds is 12. The number of nitrogens with one attached hydrogen (secondary N) is 1. The smallest absolute Gasteiger partial charge is 0.225 e. The van der Waals surface area contributed by atoms with Gasteiger partial charge >= 0.3 is 0 Å². The number of carbonyl (C=O) groups excluding carboxylic acids is 1. The lowest BCUT2D eigenvalue weighted by atomic mass is 10.3. The maximum atomic E-state index is 11.9. The monoisotopic (exact) mass is 338 g/mol. The van der Waals surface area contributed by atoms with Crippen LogP contribution in [0.15, 0.2) is 30.3 Å². The summed E-state index contributed by atoms with van der Waals surface area (Å²) in [5.41, 5.74) is 0.794. The van der Waals surface area contributed by atoms with Crippen LogP contribution in [0, 0.1) is 0 Å². The van der Waals surface area contributed by atoms with Crippen molar-refractivity contribution < 1.29 is 19.4 Å². The van der Waals surface area contributed by atoms with Crippen molar-refractivity contribution in [1.82, 2.24) is 4.90 Å². The molecule has 0 bridgehead atoms. The molecule has 0 saturated heterocycles. The summed E-state index contributed by atoms with van der Waals surface area (Å²) in [6.45, 7) is 6.24. The Morgan fingerprint density at radius 2 is 1.96 bits per heavy atom. The van der Waals surface area contributed by atoms with Gasteiger partial charge in [-0.1, -0.05) is 18.2 Å². The van der Waals surface area contributed by atoms with Crippen LogP contribution < -0.4 is 5.32 Å². The number of hydrogen-bond acceptors (Lipinski definition) is 5. The molecule has 1 amide bonds. The molecule has 0 heterocycles. The van der Waals surface area contributed by atoms with Crippen LogP contribution in [0.25, 0.3) is 0 Å². The first-order chi connectivity index (χ1) is 11.5. The summed E-state index contributed by atoms with van der Waals surface area (Å²) in [6, 6.07) is 9.37. The number of para-hydroxylation sites is 1. The molecule has 0 fully saturated rings. The second kappa shape index (κ2) is 12.0. The molecule has 1 aromatic carbocycles. The van der Waals surface area contributed by atoms with Crippen LogP contribution in [0.2, 0.25) is 0 Å². The summed E-state index contributed by atoms with van der Waals surface area (Å²) in [6.07, 6.45) is -0.0146. The van der Waals surface area contributed by atoms with Gasteiger partial charge in [0.1, 0.15) is 0 Å². The Balaban J connectivity index is 2.09. The van der Waals surface area contributed by atoms with E-state index in [0.717, 1.165) is 5.69 Å². The molecule has 0 radical (unpaired) electrons. The molecule has 1 atom stereocenters. The normalized spacial score (nSPS) is 12.6. The maximum absolute atomic E-state index is 11.9. The van der Waals surface area contributed by atoms with Crippen LogP contribution in [0.5, 0.6) is 0 Å². The number of anilines is 1. The highest BCUT2D eigenvalue weighted by molar-refractivity contribution is 5.90. The fraction of sp³-hybridized carbons (Fsp3) is 0.611. The summed E-state index contributed by atoms with van der Waals surface area (Å²) < 4.78 is 10.7. The summed E-state index contributed by atoms with van der Waals surface area (Å²) in [5.74, 6) is -0.0374. The van der Waals surface area contributed by atoms with Crippen LogP contribution in [-0.2, 0) is 14.3 Å². The predicted octanol–water partition coefficient (Wildman–Crippen LogP) is 1.75. The third-order valence-corrected chi connectivity index (χ3v) is 3.29. The van der Waals surface area contributed by atoms with E-state index in [2.05, 4.69) is 5.32 Å². The highest BCUT2D eigenvalue weighted by Crippen LogP contribution is 2.05. The summed E-state index contributed by atoms with van der Waals surface area (Å²) >= 11 is 0. The lowest BCUT2D eigenvalue weighted by Crippen LogP contribution is -2.34. The number of amides is 1. The molecule has 136 valence electrons. The van der Waals surface area contributed by atoms with Crippen LogP contribution in [0.1, 0.15) is 20.3 Å². The van der Waals surface area contributed by atoms with Gasteiger partial charge in [-0.15, -0.1) is 0 Å². The minimum absolute atomic E-state index is 0.0374. The minimum atomic E-state index is -0.578. The topological polar surface area (TPSA) is 71.0 Å². The molecule has 0 aliphatic rings. The SMILES string of the molecule is CC(C)OCCOCC(O)CN(C)CCC(=O)Nc1ccccc1. The van der Waals surface area contributed by atoms with Crippen LogP contribution in [-0.4, -0.2) is 68.1 Å². The molecule has 2 N–H and O–H groups in total. The van der Waals surface area contributed by atoms with E-state index in [0.29, 0.717) is 32.7 Å². The molecule has 1 rings (SSSR count). The van der Waals surface area contributed by atoms with Crippen LogP contribution >= 0.6 is 0 Å². The highest BCUT2D eigenvalue weighted by atomic mass is 16.5. The summed E-state index contributed by atoms with van der Waals surface area (Å²) in [4.78, 5) is 13.8. The van der Waals surface area contributed by atoms with Crippen molar-refractivity contribution >= 4 is 11.6 Å². The van der Waals surface area contributed by atoms with E-state index in [1.165, 1.54) is 0 Å². The minimum Gasteiger partial charge on any atom is -0.389 e. The van der Waals surface area contributed by atoms with Crippen molar-refractivity contribution in [1.29, 1.82) is 0 Å². The van der Waals surface area contributed by atoms with Gasteiger partial charge in [0.25, 0.3) is 0 Å². The lowest BCUT2D eigenvalue weighted by Gasteiger charge is -2.20. The van der Waals surface area contributed by atoms with Gasteiger partial charge in [0.15, 0.2) is 0 Å². The Kier molecular flexibility index (Phi) is 10.3. The zero-order valence-corrected chi connectivity index (χ0v) is 14.9. The van der Waals surface area contributed by atoms with E-state index in [4.69, 9.17) is 9.47 Å². The van der Waals surface area contributed by atoms with Crippen molar-refractivity contribution in [2.45, 2.75) is 32.5 Å². The summed E-state index contributed by atoms with van der Waals surface area (Å²) in [5, 5.41) is 12.8. The second-order valence-electron chi connectivity index (χ2n) is 6.07. The van der Waals surface area contributed by atoms with E-state index in [9.17, 15) is 9.90 Å². The van der Waals surface area contributed by atoms with Gasteiger partial charge in [0.05, 0.1) is 32.0 Å². The van der Waals surface area contributed by atoms with E-state index < -0.39 is 6.10 Å². The number of ether oxygens (including phenoxy) is 2. The van der Waals surface area contributed by atoms with Gasteiger partial charge < -0.3 is 24.8 Å². The molecule has 0 spiro atoms. The first-order valence-electron chi connectivity index (χ1n) is 8.38. The third kappa shape index (κ3) is 10.3. The third-order valence-electron chi connectivity index (χ3n) is 3.29. The Hall–Kier alpha value is -1.47. The average Bonchev–Trinajstić information content (AvgIpc) is 2.53. The molecular weight excluding hydrogens is 308 g/mol. The zero-order chi connectivity index (χ0) is 17.8. The molecule has 6 heteroatoms. The van der Waals surface area contributed by atoms with Crippen LogP contribution in [0.3, 0.4) is 0 Å². The molecule has 0 aliphatic carbocycles. The lowest BCUT2D eigenvalue weighted by molar-refractivity contribution is -0.116. The maximum Gasteiger partial charge on any atom is 0.225 e. The quantitative estimate of drug-likeness (QED) is 0.568. The van der Waals surface area contributed by atoms with Crippen LogP contribution in [0.4, 0.5) is 5.69 Å². The highest BCUT2D eigenvalue weighted by Gasteiger charge is 2.10. The average molecular weight is 338 g/mol. The molecule has 6 nitrogen and oxygen atoms in total. The first kappa shape index (κ1) is 20.6. The van der Waals surface area contributed by atoms with E-state index >= 15 is 0 Å². The standard InChI is InChI=1S/C18H30N2O4/c1-15(2)24-12-11-23-14-17(21)13-20(3)10-9-18(22)19-16-7-5-4-6-8-16/h4-8,15,17,21H,9-14H2,1-3H3,(H,19,22). The Labute approximate surface area is 144 Å². The van der Waals surface area contributed by atoms with Gasteiger partial charge in [0.2, 0.25) is 5.91 Å². The first-order valence-corrected chi connectivity index (χ1v) is 8.38. The number of carbonyl (C=O) groups is 1. The van der Waals surface area contributed by atoms with Crippen molar-refractivity contribution in [2.75, 3.05) is 45.3 Å². The van der Waals surface area contributed by atoms with Gasteiger partial charge in [0, 0.05) is 25.2 Å². The van der Waals surface area contributed by atoms with Gasteiger partial charge in [-0.05, 0) is 33.0 Å². The van der Waals surface area contributed by atoms with Crippen molar-refractivity contribution in [3.8, 4) is 0 Å². The van der Waals surface area contributed by atoms with Gasteiger partial charge in [-0.25, -0.2) is 0 Å². The van der Waals surface area contributed by atoms with E-state index in [-0.39, 0.29) is 18.6 Å². The fourth-order valence-corrected chi connectivity index (χ4v) is 2.10. The van der Waals surface area contributed by atoms with Gasteiger partial charge in [-0.2, -0.15) is 0 Å². The molecule has 1 unspecified atom stereocenters. The van der Waals surface area contributed by atoms with Crippen molar-refractivity contribution in [2.24, 2.45) is 0 Å². The van der Waals surface area contributed by atoms with E-state index in [1.54, 1.807) is 0 Å². The molecule has 0 aromatic heterocycles. The zero-order valence-electron chi connectivity index (χ0n) is 14.9. The Bertz CT molecular complexity index is 454. The molecule has 0 saturated carbocycles. The fourth-order valence-electron chi connectivity index (χ4n) is 2.10. The molecule has 24 heavy (non-hydrogen) atoms. The number of likely N-dealkylation sites (N-methyl/N-ethyl adjacent to an activating group) is 1. The predicted molar refractivity (Wildman–Crippen MR) is 95.1 cm³/mol. The summed E-state index contributed by atoms with van der Waals surface area (Å²) in [7, 11) is 1.88. The largest absolute Gasteiger partial charge is 0.389 e. The molecule has 1 aromatic rings.